The Hall–Kier alpha value is -4.77. The van der Waals surface area contributed by atoms with Crippen molar-refractivity contribution < 1.29 is 33.0 Å². The van der Waals surface area contributed by atoms with E-state index in [0.29, 0.717) is 50.7 Å². The molecular formula is C29H25N3O7S. The lowest BCUT2D eigenvalue weighted by Gasteiger charge is -2.14. The SMILES string of the molecule is COc1cc(/C=C2/SC(=O)N(CCNC(=O)c3cc(-c4ccco4)nc4ccccc34)C2=O)cc(OC)c1OC. The maximum absolute atomic E-state index is 13.2. The molecule has 5 rings (SSSR count). The van der Waals surface area contributed by atoms with Crippen molar-refractivity contribution in [2.45, 2.75) is 0 Å². The Bertz CT molecular complexity index is 1610. The molecule has 10 nitrogen and oxygen atoms in total. The van der Waals surface area contributed by atoms with E-state index < -0.39 is 11.1 Å². The molecule has 1 fully saturated rings. The molecule has 1 N–H and O–H groups in total. The molecule has 0 atom stereocenters. The summed E-state index contributed by atoms with van der Waals surface area (Å²) in [5.41, 5.74) is 2.18. The highest BCUT2D eigenvalue weighted by Crippen LogP contribution is 2.40. The Labute approximate surface area is 233 Å². The molecule has 0 radical (unpaired) electrons. The van der Waals surface area contributed by atoms with Crippen LogP contribution in [0.25, 0.3) is 28.4 Å². The number of thioether (sulfide) groups is 1. The van der Waals surface area contributed by atoms with E-state index in [4.69, 9.17) is 18.6 Å². The van der Waals surface area contributed by atoms with E-state index in [1.165, 1.54) is 21.3 Å². The van der Waals surface area contributed by atoms with Gasteiger partial charge in [-0.25, -0.2) is 4.98 Å². The van der Waals surface area contributed by atoms with Crippen LogP contribution in [0.2, 0.25) is 0 Å². The molecule has 1 aliphatic heterocycles. The van der Waals surface area contributed by atoms with Crippen LogP contribution in [0.3, 0.4) is 0 Å². The number of amides is 3. The average molecular weight is 560 g/mol. The summed E-state index contributed by atoms with van der Waals surface area (Å²) in [6.07, 6.45) is 3.13. The third-order valence-corrected chi connectivity index (χ3v) is 7.12. The smallest absolute Gasteiger partial charge is 0.293 e. The number of nitrogens with one attached hydrogen (secondary N) is 1. The van der Waals surface area contributed by atoms with E-state index in [1.807, 2.05) is 24.3 Å². The van der Waals surface area contributed by atoms with Gasteiger partial charge in [-0.05, 0) is 59.8 Å². The van der Waals surface area contributed by atoms with E-state index in [1.54, 1.807) is 42.7 Å². The zero-order valence-corrected chi connectivity index (χ0v) is 22.7. The van der Waals surface area contributed by atoms with Crippen LogP contribution in [-0.4, -0.2) is 61.4 Å². The van der Waals surface area contributed by atoms with Crippen molar-refractivity contribution in [1.82, 2.24) is 15.2 Å². The van der Waals surface area contributed by atoms with E-state index in [-0.39, 0.29) is 23.9 Å². The number of carbonyl (C=O) groups is 3. The van der Waals surface area contributed by atoms with Crippen LogP contribution in [0.5, 0.6) is 17.2 Å². The first kappa shape index (κ1) is 26.8. The minimum Gasteiger partial charge on any atom is -0.493 e. The molecule has 2 aromatic carbocycles. The van der Waals surface area contributed by atoms with E-state index in [9.17, 15) is 14.4 Å². The van der Waals surface area contributed by atoms with Gasteiger partial charge in [0.05, 0.1) is 43.6 Å². The van der Waals surface area contributed by atoms with Crippen molar-refractivity contribution >= 4 is 45.8 Å². The van der Waals surface area contributed by atoms with Crippen molar-refractivity contribution in [3.05, 3.63) is 76.9 Å². The summed E-state index contributed by atoms with van der Waals surface area (Å²) in [5, 5.41) is 3.07. The Morgan fingerprint density at radius 3 is 2.45 bits per heavy atom. The van der Waals surface area contributed by atoms with Crippen LogP contribution in [-0.2, 0) is 4.79 Å². The van der Waals surface area contributed by atoms with Gasteiger partial charge in [-0.15, -0.1) is 0 Å². The minimum absolute atomic E-state index is 0.0110. The number of ether oxygens (including phenoxy) is 3. The van der Waals surface area contributed by atoms with Gasteiger partial charge in [-0.2, -0.15) is 0 Å². The van der Waals surface area contributed by atoms with Gasteiger partial charge >= 0.3 is 0 Å². The third-order valence-electron chi connectivity index (χ3n) is 6.21. The highest BCUT2D eigenvalue weighted by Gasteiger charge is 2.35. The zero-order valence-electron chi connectivity index (χ0n) is 21.9. The van der Waals surface area contributed by atoms with Crippen LogP contribution in [0.15, 0.2) is 70.2 Å². The summed E-state index contributed by atoms with van der Waals surface area (Å²) in [6, 6.07) is 15.9. The Morgan fingerprint density at radius 1 is 1.02 bits per heavy atom. The van der Waals surface area contributed by atoms with E-state index >= 15 is 0 Å². The predicted octanol–water partition coefficient (Wildman–Crippen LogP) is 4.99. The largest absolute Gasteiger partial charge is 0.493 e. The van der Waals surface area contributed by atoms with Gasteiger partial charge in [0.2, 0.25) is 5.75 Å². The number of para-hydroxylation sites is 1. The molecule has 2 aromatic heterocycles. The van der Waals surface area contributed by atoms with Crippen LogP contribution >= 0.6 is 11.8 Å². The highest BCUT2D eigenvalue weighted by atomic mass is 32.2. The maximum atomic E-state index is 13.2. The van der Waals surface area contributed by atoms with Gasteiger partial charge < -0.3 is 23.9 Å². The second kappa shape index (κ2) is 11.5. The molecular weight excluding hydrogens is 534 g/mol. The molecule has 0 spiro atoms. The second-order valence-corrected chi connectivity index (χ2v) is 9.59. The van der Waals surface area contributed by atoms with Crippen molar-refractivity contribution in [3.8, 4) is 28.7 Å². The number of methoxy groups -OCH3 is 3. The fraction of sp³-hybridized carbons (Fsp3) is 0.172. The number of hydrogen-bond acceptors (Lipinski definition) is 9. The lowest BCUT2D eigenvalue weighted by molar-refractivity contribution is -0.122. The van der Waals surface area contributed by atoms with Gasteiger partial charge in [-0.1, -0.05) is 18.2 Å². The molecule has 1 saturated heterocycles. The monoisotopic (exact) mass is 559 g/mol. The number of aromatic nitrogens is 1. The first-order chi connectivity index (χ1) is 19.4. The predicted molar refractivity (Wildman–Crippen MR) is 151 cm³/mol. The Kier molecular flexibility index (Phi) is 7.74. The molecule has 1 aliphatic rings. The van der Waals surface area contributed by atoms with Gasteiger partial charge in [0, 0.05) is 18.5 Å². The van der Waals surface area contributed by atoms with Crippen LogP contribution in [0.1, 0.15) is 15.9 Å². The zero-order chi connectivity index (χ0) is 28.2. The van der Waals surface area contributed by atoms with Gasteiger partial charge in [0.25, 0.3) is 17.1 Å². The summed E-state index contributed by atoms with van der Waals surface area (Å²) in [6.45, 7) is 0.0815. The first-order valence-electron chi connectivity index (χ1n) is 12.2. The molecule has 3 amide bonds. The van der Waals surface area contributed by atoms with E-state index in [0.717, 1.165) is 16.7 Å². The standard InChI is InChI=1S/C29H25N3O7S/c1-36-23-13-17(14-24(37-2)26(23)38-3)15-25-28(34)32(29(35)40-25)11-10-30-27(33)19-16-21(22-9-6-12-39-22)31-20-8-5-4-7-18(19)20/h4-9,12-16H,10-11H2,1-3H3,(H,30,33)/b25-15+. The third kappa shape index (κ3) is 5.23. The Morgan fingerprint density at radius 2 is 1.77 bits per heavy atom. The number of hydrogen-bond donors (Lipinski definition) is 1. The number of pyridine rings is 1. The first-order valence-corrected chi connectivity index (χ1v) is 13.0. The van der Waals surface area contributed by atoms with Crippen LogP contribution in [0, 0.1) is 0 Å². The molecule has 11 heteroatoms. The van der Waals surface area contributed by atoms with Gasteiger partial charge in [0.15, 0.2) is 17.3 Å². The van der Waals surface area contributed by atoms with Crippen molar-refractivity contribution in [2.24, 2.45) is 0 Å². The average Bonchev–Trinajstić information content (AvgIpc) is 3.60. The summed E-state index contributed by atoms with van der Waals surface area (Å²) in [5.74, 6) is 1.00. The number of rotatable bonds is 9. The van der Waals surface area contributed by atoms with E-state index in [2.05, 4.69) is 10.3 Å². The van der Waals surface area contributed by atoms with Gasteiger partial charge in [-0.3, -0.25) is 19.3 Å². The summed E-state index contributed by atoms with van der Waals surface area (Å²) >= 11 is 0.825. The topological polar surface area (TPSA) is 120 Å². The van der Waals surface area contributed by atoms with Crippen molar-refractivity contribution in [3.63, 3.8) is 0 Å². The normalized spacial score (nSPS) is 14.2. The summed E-state index contributed by atoms with van der Waals surface area (Å²) < 4.78 is 21.5. The maximum Gasteiger partial charge on any atom is 0.293 e. The molecule has 0 bridgehead atoms. The number of benzene rings is 2. The summed E-state index contributed by atoms with van der Waals surface area (Å²) in [4.78, 5) is 44.8. The molecule has 40 heavy (non-hydrogen) atoms. The second-order valence-electron chi connectivity index (χ2n) is 8.60. The van der Waals surface area contributed by atoms with Crippen LogP contribution in [0.4, 0.5) is 4.79 Å². The number of imide groups is 1. The van der Waals surface area contributed by atoms with Gasteiger partial charge in [0.1, 0.15) is 5.69 Å². The minimum atomic E-state index is -0.451. The fourth-order valence-electron chi connectivity index (χ4n) is 4.32. The summed E-state index contributed by atoms with van der Waals surface area (Å²) in [7, 11) is 4.49. The molecule has 204 valence electrons. The van der Waals surface area contributed by atoms with Crippen molar-refractivity contribution in [2.75, 3.05) is 34.4 Å². The lowest BCUT2D eigenvalue weighted by Crippen LogP contribution is -2.37. The van der Waals surface area contributed by atoms with Crippen molar-refractivity contribution in [1.29, 1.82) is 0 Å². The molecule has 4 aromatic rings. The lowest BCUT2D eigenvalue weighted by atomic mass is 10.1. The quantitative estimate of drug-likeness (QED) is 0.283. The molecule has 0 saturated carbocycles. The molecule has 0 unspecified atom stereocenters. The fourth-order valence-corrected chi connectivity index (χ4v) is 5.18. The Balaban J connectivity index is 1.30. The molecule has 3 heterocycles. The number of carbonyl (C=O) groups excluding carboxylic acids is 3. The van der Waals surface area contributed by atoms with Crippen LogP contribution < -0.4 is 19.5 Å². The highest BCUT2D eigenvalue weighted by molar-refractivity contribution is 8.18. The number of furan rings is 1. The number of fused-ring (bicyclic) bond motifs is 1. The number of nitrogens with zero attached hydrogens (tertiary/aromatic N) is 2. The molecule has 0 aliphatic carbocycles.